The van der Waals surface area contributed by atoms with Gasteiger partial charge in [0.25, 0.3) is 0 Å². The summed E-state index contributed by atoms with van der Waals surface area (Å²) in [6.45, 7) is 0. The highest BCUT2D eigenvalue weighted by molar-refractivity contribution is 9.09. The lowest BCUT2D eigenvalue weighted by Crippen LogP contribution is -2.52. The van der Waals surface area contributed by atoms with Crippen LogP contribution in [0.5, 0.6) is 0 Å². The van der Waals surface area contributed by atoms with E-state index >= 15 is 0 Å². The summed E-state index contributed by atoms with van der Waals surface area (Å²) in [5, 5.41) is 0.704. The van der Waals surface area contributed by atoms with E-state index in [4.69, 9.17) is 0 Å². The van der Waals surface area contributed by atoms with E-state index in [-0.39, 0.29) is 11.9 Å². The molecule has 23 heavy (non-hydrogen) atoms. The Bertz CT molecular complexity index is 495. The van der Waals surface area contributed by atoms with Crippen molar-refractivity contribution in [3.05, 3.63) is 30.3 Å². The van der Waals surface area contributed by atoms with Gasteiger partial charge in [-0.25, -0.2) is 0 Å². The number of rotatable bonds is 5. The Morgan fingerprint density at radius 2 is 1.87 bits per heavy atom. The molecule has 0 aliphatic heterocycles. The number of halogens is 2. The van der Waals surface area contributed by atoms with Crippen molar-refractivity contribution in [2.45, 2.75) is 49.0 Å². The van der Waals surface area contributed by atoms with E-state index in [9.17, 15) is 4.79 Å². The second-order valence-corrected chi connectivity index (χ2v) is 8.49. The number of amides is 1. The summed E-state index contributed by atoms with van der Waals surface area (Å²) >= 11 is 7.23. The molecule has 1 fully saturated rings. The first-order chi connectivity index (χ1) is 11.0. The molecular formula is C18H26Br2N2O. The number of alkyl halides is 2. The molecule has 5 heteroatoms. The molecule has 128 valence electrons. The molecule has 1 saturated carbocycles. The summed E-state index contributed by atoms with van der Waals surface area (Å²) in [5.74, 6) is 0.206. The SMILES string of the molecule is CN(C)C1CC(Br)CCCC1N(C(=O)CCBr)c1ccccc1. The van der Waals surface area contributed by atoms with Gasteiger partial charge in [-0.05, 0) is 45.5 Å². The van der Waals surface area contributed by atoms with Crippen molar-refractivity contribution in [3.8, 4) is 0 Å². The summed E-state index contributed by atoms with van der Waals surface area (Å²) in [4.78, 5) is 17.7. The third-order valence-electron chi connectivity index (χ3n) is 4.56. The maximum Gasteiger partial charge on any atom is 0.228 e. The summed E-state index contributed by atoms with van der Waals surface area (Å²) in [7, 11) is 4.25. The van der Waals surface area contributed by atoms with Crippen LogP contribution in [0.3, 0.4) is 0 Å². The molecule has 1 aliphatic carbocycles. The molecule has 2 rings (SSSR count). The molecule has 0 aromatic heterocycles. The van der Waals surface area contributed by atoms with Gasteiger partial charge in [0.1, 0.15) is 0 Å². The van der Waals surface area contributed by atoms with Crippen LogP contribution >= 0.6 is 31.9 Å². The zero-order valence-corrected chi connectivity index (χ0v) is 17.1. The minimum Gasteiger partial charge on any atom is -0.308 e. The van der Waals surface area contributed by atoms with E-state index in [0.29, 0.717) is 22.6 Å². The van der Waals surface area contributed by atoms with E-state index in [1.165, 1.54) is 6.42 Å². The average Bonchev–Trinajstić information content (AvgIpc) is 2.71. The molecule has 0 radical (unpaired) electrons. The number of hydrogen-bond acceptors (Lipinski definition) is 2. The number of benzene rings is 1. The van der Waals surface area contributed by atoms with Crippen molar-refractivity contribution >= 4 is 43.5 Å². The quantitative estimate of drug-likeness (QED) is 0.494. The van der Waals surface area contributed by atoms with E-state index in [2.05, 4.69) is 67.9 Å². The molecule has 0 bridgehead atoms. The predicted molar refractivity (Wildman–Crippen MR) is 105 cm³/mol. The van der Waals surface area contributed by atoms with E-state index in [0.717, 1.165) is 24.9 Å². The second kappa shape index (κ2) is 9.19. The summed E-state index contributed by atoms with van der Waals surface area (Å²) in [6.07, 6.45) is 4.98. The van der Waals surface area contributed by atoms with Gasteiger partial charge in [0.15, 0.2) is 0 Å². The highest BCUT2D eigenvalue weighted by Crippen LogP contribution is 2.32. The molecule has 0 heterocycles. The number of anilines is 1. The maximum absolute atomic E-state index is 12.9. The Labute approximate surface area is 156 Å². The number of carbonyl (C=O) groups is 1. The van der Waals surface area contributed by atoms with Gasteiger partial charge >= 0.3 is 0 Å². The standard InChI is InChI=1S/C18H26Br2N2O/c1-21(2)17-13-14(20)7-6-10-16(17)22(18(23)11-12-19)15-8-4-3-5-9-15/h3-5,8-9,14,16-17H,6-7,10-13H2,1-2H3. The van der Waals surface area contributed by atoms with Crippen molar-refractivity contribution in [1.29, 1.82) is 0 Å². The zero-order chi connectivity index (χ0) is 16.8. The third-order valence-corrected chi connectivity index (χ3v) is 5.79. The summed E-state index contributed by atoms with van der Waals surface area (Å²) in [5.41, 5.74) is 1.02. The second-order valence-electron chi connectivity index (χ2n) is 6.40. The van der Waals surface area contributed by atoms with Crippen LogP contribution in [0.2, 0.25) is 0 Å². The van der Waals surface area contributed by atoms with Gasteiger partial charge in [-0.1, -0.05) is 56.5 Å². The van der Waals surface area contributed by atoms with Crippen molar-refractivity contribution in [1.82, 2.24) is 4.90 Å². The first-order valence-electron chi connectivity index (χ1n) is 8.28. The highest BCUT2D eigenvalue weighted by Gasteiger charge is 2.35. The number of likely N-dealkylation sites (N-methyl/N-ethyl adjacent to an activating group) is 1. The maximum atomic E-state index is 12.9. The van der Waals surface area contributed by atoms with Crippen LogP contribution in [0.25, 0.3) is 0 Å². The molecular weight excluding hydrogens is 420 g/mol. The van der Waals surface area contributed by atoms with Crippen LogP contribution < -0.4 is 4.90 Å². The van der Waals surface area contributed by atoms with Crippen LogP contribution in [0.4, 0.5) is 5.69 Å². The minimum atomic E-state index is 0.206. The molecule has 1 aliphatic rings. The van der Waals surface area contributed by atoms with Crippen molar-refractivity contribution in [2.75, 3.05) is 24.3 Å². The smallest absolute Gasteiger partial charge is 0.228 e. The molecule has 0 saturated heterocycles. The largest absolute Gasteiger partial charge is 0.308 e. The van der Waals surface area contributed by atoms with E-state index in [1.54, 1.807) is 0 Å². The molecule has 1 aromatic carbocycles. The molecule has 0 N–H and O–H groups in total. The molecule has 1 aromatic rings. The fraction of sp³-hybridized carbons (Fsp3) is 0.611. The predicted octanol–water partition coefficient (Wildman–Crippen LogP) is 4.44. The summed E-state index contributed by atoms with van der Waals surface area (Å²) < 4.78 is 0. The average molecular weight is 446 g/mol. The van der Waals surface area contributed by atoms with Crippen LogP contribution in [0.15, 0.2) is 30.3 Å². The van der Waals surface area contributed by atoms with E-state index in [1.807, 2.05) is 18.2 Å². The molecule has 3 nitrogen and oxygen atoms in total. The lowest BCUT2D eigenvalue weighted by Gasteiger charge is -2.39. The normalized spacial score (nSPS) is 25.2. The lowest BCUT2D eigenvalue weighted by atomic mass is 9.98. The Balaban J connectivity index is 2.36. The first kappa shape index (κ1) is 18.9. The fourth-order valence-electron chi connectivity index (χ4n) is 3.44. The van der Waals surface area contributed by atoms with E-state index < -0.39 is 0 Å². The molecule has 0 spiro atoms. The monoisotopic (exact) mass is 444 g/mol. The van der Waals surface area contributed by atoms with Crippen molar-refractivity contribution in [2.24, 2.45) is 0 Å². The van der Waals surface area contributed by atoms with Crippen molar-refractivity contribution < 1.29 is 4.79 Å². The molecule has 3 unspecified atom stereocenters. The number of hydrogen-bond donors (Lipinski definition) is 0. The number of carbonyl (C=O) groups excluding carboxylic acids is 1. The Hall–Kier alpha value is -0.390. The van der Waals surface area contributed by atoms with Gasteiger partial charge in [0, 0.05) is 28.3 Å². The van der Waals surface area contributed by atoms with Crippen LogP contribution in [-0.4, -0.2) is 47.1 Å². The summed E-state index contributed by atoms with van der Waals surface area (Å²) in [6, 6.07) is 10.7. The topological polar surface area (TPSA) is 23.6 Å². The van der Waals surface area contributed by atoms with Gasteiger partial charge in [0.2, 0.25) is 5.91 Å². The van der Waals surface area contributed by atoms with Crippen molar-refractivity contribution in [3.63, 3.8) is 0 Å². The van der Waals surface area contributed by atoms with Crippen LogP contribution in [0.1, 0.15) is 32.1 Å². The number of nitrogens with zero attached hydrogens (tertiary/aromatic N) is 2. The fourth-order valence-corrected chi connectivity index (χ4v) is 4.49. The zero-order valence-electron chi connectivity index (χ0n) is 13.9. The lowest BCUT2D eigenvalue weighted by molar-refractivity contribution is -0.119. The highest BCUT2D eigenvalue weighted by atomic mass is 79.9. The Kier molecular flexibility index (Phi) is 7.57. The van der Waals surface area contributed by atoms with Gasteiger partial charge in [-0.3, -0.25) is 4.79 Å². The Morgan fingerprint density at radius 3 is 2.48 bits per heavy atom. The van der Waals surface area contributed by atoms with Gasteiger partial charge in [0.05, 0.1) is 6.04 Å². The van der Waals surface area contributed by atoms with Gasteiger partial charge in [-0.2, -0.15) is 0 Å². The molecule has 3 atom stereocenters. The first-order valence-corrected chi connectivity index (χ1v) is 10.3. The third kappa shape index (κ3) is 5.04. The van der Waals surface area contributed by atoms with Crippen LogP contribution in [-0.2, 0) is 4.79 Å². The van der Waals surface area contributed by atoms with Crippen LogP contribution in [0, 0.1) is 0 Å². The van der Waals surface area contributed by atoms with Gasteiger partial charge in [-0.15, -0.1) is 0 Å². The Morgan fingerprint density at radius 1 is 1.17 bits per heavy atom. The minimum absolute atomic E-state index is 0.206. The van der Waals surface area contributed by atoms with Gasteiger partial charge < -0.3 is 9.80 Å². The number of para-hydroxylation sites is 1. The molecule has 1 amide bonds.